The van der Waals surface area contributed by atoms with Gasteiger partial charge in [-0.25, -0.2) is 0 Å². The molecule has 0 aromatic rings. The van der Waals surface area contributed by atoms with E-state index in [2.05, 4.69) is 19.9 Å². The van der Waals surface area contributed by atoms with Gasteiger partial charge in [0.1, 0.15) is 12.6 Å². The topological polar surface area (TPSA) is 54.4 Å². The molecular weight excluding hydrogens is 288 g/mol. The summed E-state index contributed by atoms with van der Waals surface area (Å²) in [5, 5.41) is 9.88. The van der Waals surface area contributed by atoms with Crippen LogP contribution in [-0.4, -0.2) is 23.3 Å². The van der Waals surface area contributed by atoms with Crippen molar-refractivity contribution in [2.75, 3.05) is 0 Å². The van der Waals surface area contributed by atoms with Gasteiger partial charge in [-0.1, -0.05) is 38.5 Å². The number of allylic oxidation sites excluding steroid dienone is 3. The van der Waals surface area contributed by atoms with Crippen LogP contribution in [0.25, 0.3) is 0 Å². The molecule has 0 aliphatic heterocycles. The first-order chi connectivity index (χ1) is 10.7. The highest BCUT2D eigenvalue weighted by atomic mass is 16.3. The Morgan fingerprint density at radius 1 is 1.30 bits per heavy atom. The van der Waals surface area contributed by atoms with Crippen LogP contribution < -0.4 is 0 Å². The van der Waals surface area contributed by atoms with E-state index in [9.17, 15) is 14.7 Å². The molecule has 0 spiro atoms. The van der Waals surface area contributed by atoms with E-state index in [1.165, 1.54) is 0 Å². The van der Waals surface area contributed by atoms with Gasteiger partial charge in [0.2, 0.25) is 0 Å². The maximum Gasteiger partial charge on any atom is 0.146 e. The van der Waals surface area contributed by atoms with E-state index in [1.807, 2.05) is 12.2 Å². The Kier molecular flexibility index (Phi) is 5.00. The summed E-state index contributed by atoms with van der Waals surface area (Å²) in [4.78, 5) is 23.0. The highest BCUT2D eigenvalue weighted by Gasteiger charge is 2.53. The molecule has 2 aliphatic rings. The average molecular weight is 318 g/mol. The largest absolute Gasteiger partial charge is 0.386 e. The Labute approximate surface area is 139 Å². The minimum atomic E-state index is -0.795. The summed E-state index contributed by atoms with van der Waals surface area (Å²) in [7, 11) is 0. The second-order valence-corrected chi connectivity index (χ2v) is 8.50. The average Bonchev–Trinajstić information content (AvgIpc) is 2.44. The first-order valence-electron chi connectivity index (χ1n) is 8.67. The van der Waals surface area contributed by atoms with Gasteiger partial charge in [0.05, 0.1) is 5.60 Å². The lowest BCUT2D eigenvalue weighted by Gasteiger charge is -2.56. The highest BCUT2D eigenvalue weighted by Crippen LogP contribution is 2.60. The first kappa shape index (κ1) is 18.1. The maximum absolute atomic E-state index is 11.7. The summed E-state index contributed by atoms with van der Waals surface area (Å²) in [6.07, 6.45) is 12.7. The van der Waals surface area contributed by atoms with Crippen LogP contribution in [-0.2, 0) is 9.59 Å². The molecule has 0 heterocycles. The Morgan fingerprint density at radius 2 is 2.00 bits per heavy atom. The zero-order chi connectivity index (χ0) is 17.3. The molecule has 4 atom stereocenters. The SMILES string of the molecule is CC(C)(O)/C=C/C[C@]1(C)CCC[C@]2(C)[C@@H](C=O)C(C=O)=CC[C@@H]12. The lowest BCUT2D eigenvalue weighted by Crippen LogP contribution is -2.50. The molecule has 3 nitrogen and oxygen atoms in total. The summed E-state index contributed by atoms with van der Waals surface area (Å²) in [5.41, 5.74) is -0.171. The van der Waals surface area contributed by atoms with Crippen molar-refractivity contribution in [3.8, 4) is 0 Å². The van der Waals surface area contributed by atoms with Crippen LogP contribution in [0.3, 0.4) is 0 Å². The zero-order valence-corrected chi connectivity index (χ0v) is 14.8. The molecule has 3 heteroatoms. The van der Waals surface area contributed by atoms with Gasteiger partial charge in [0.25, 0.3) is 0 Å². The van der Waals surface area contributed by atoms with Crippen molar-refractivity contribution in [1.82, 2.24) is 0 Å². The summed E-state index contributed by atoms with van der Waals surface area (Å²) >= 11 is 0. The maximum atomic E-state index is 11.7. The summed E-state index contributed by atoms with van der Waals surface area (Å²) in [5.74, 6) is 0.103. The van der Waals surface area contributed by atoms with Crippen LogP contribution in [0.5, 0.6) is 0 Å². The van der Waals surface area contributed by atoms with Crippen LogP contribution in [0, 0.1) is 22.7 Å². The Morgan fingerprint density at radius 3 is 2.57 bits per heavy atom. The Balaban J connectivity index is 2.31. The van der Waals surface area contributed by atoms with E-state index in [0.717, 1.165) is 44.7 Å². The van der Waals surface area contributed by atoms with E-state index in [-0.39, 0.29) is 16.7 Å². The van der Waals surface area contributed by atoms with Gasteiger partial charge in [0, 0.05) is 5.92 Å². The van der Waals surface area contributed by atoms with Crippen LogP contribution in [0.15, 0.2) is 23.8 Å². The fraction of sp³-hybridized carbons (Fsp3) is 0.700. The number of aliphatic hydroxyl groups is 1. The van der Waals surface area contributed by atoms with E-state index in [4.69, 9.17) is 0 Å². The molecule has 23 heavy (non-hydrogen) atoms. The van der Waals surface area contributed by atoms with E-state index in [0.29, 0.717) is 11.5 Å². The third-order valence-electron chi connectivity index (χ3n) is 6.14. The number of carbonyl (C=O) groups is 2. The lowest BCUT2D eigenvalue weighted by molar-refractivity contribution is -0.122. The normalized spacial score (nSPS) is 38.0. The third kappa shape index (κ3) is 3.50. The molecule has 0 bridgehead atoms. The number of aldehydes is 2. The van der Waals surface area contributed by atoms with Crippen molar-refractivity contribution in [1.29, 1.82) is 0 Å². The summed E-state index contributed by atoms with van der Waals surface area (Å²) < 4.78 is 0. The van der Waals surface area contributed by atoms with Crippen molar-refractivity contribution in [3.05, 3.63) is 23.8 Å². The van der Waals surface area contributed by atoms with Gasteiger partial charge in [-0.2, -0.15) is 0 Å². The monoisotopic (exact) mass is 318 g/mol. The van der Waals surface area contributed by atoms with Gasteiger partial charge >= 0.3 is 0 Å². The van der Waals surface area contributed by atoms with Crippen molar-refractivity contribution in [2.45, 2.75) is 65.4 Å². The van der Waals surface area contributed by atoms with Gasteiger partial charge < -0.3 is 9.90 Å². The second-order valence-electron chi connectivity index (χ2n) is 8.50. The van der Waals surface area contributed by atoms with Crippen LogP contribution in [0.2, 0.25) is 0 Å². The van der Waals surface area contributed by atoms with Crippen LogP contribution >= 0.6 is 0 Å². The van der Waals surface area contributed by atoms with Gasteiger partial charge in [-0.3, -0.25) is 4.79 Å². The molecule has 128 valence electrons. The molecule has 0 radical (unpaired) electrons. The number of hydrogen-bond donors (Lipinski definition) is 1. The van der Waals surface area contributed by atoms with E-state index < -0.39 is 5.60 Å². The predicted molar refractivity (Wildman–Crippen MR) is 91.9 cm³/mol. The fourth-order valence-corrected chi connectivity index (χ4v) is 4.92. The van der Waals surface area contributed by atoms with Gasteiger partial charge in [-0.15, -0.1) is 0 Å². The summed E-state index contributed by atoms with van der Waals surface area (Å²) in [6, 6.07) is 0. The van der Waals surface area contributed by atoms with Crippen molar-refractivity contribution in [2.24, 2.45) is 22.7 Å². The molecule has 1 N–H and O–H groups in total. The third-order valence-corrected chi connectivity index (χ3v) is 6.14. The molecule has 1 saturated carbocycles. The molecule has 1 fully saturated rings. The zero-order valence-electron chi connectivity index (χ0n) is 14.8. The molecule has 0 aromatic heterocycles. The minimum Gasteiger partial charge on any atom is -0.386 e. The van der Waals surface area contributed by atoms with Crippen LogP contribution in [0.4, 0.5) is 0 Å². The smallest absolute Gasteiger partial charge is 0.146 e. The van der Waals surface area contributed by atoms with Crippen LogP contribution in [0.1, 0.15) is 59.8 Å². The number of rotatable bonds is 5. The van der Waals surface area contributed by atoms with Crippen molar-refractivity contribution < 1.29 is 14.7 Å². The van der Waals surface area contributed by atoms with E-state index in [1.54, 1.807) is 13.8 Å². The molecule has 2 aliphatic carbocycles. The Bertz CT molecular complexity index is 525. The van der Waals surface area contributed by atoms with E-state index >= 15 is 0 Å². The highest BCUT2D eigenvalue weighted by molar-refractivity contribution is 5.82. The van der Waals surface area contributed by atoms with Crippen molar-refractivity contribution >= 4 is 12.6 Å². The van der Waals surface area contributed by atoms with Crippen molar-refractivity contribution in [3.63, 3.8) is 0 Å². The van der Waals surface area contributed by atoms with Gasteiger partial charge in [-0.05, 0) is 61.9 Å². The molecule has 0 saturated heterocycles. The number of carbonyl (C=O) groups excluding carboxylic acids is 2. The quantitative estimate of drug-likeness (QED) is 0.618. The molecule has 0 amide bonds. The standard InChI is InChI=1S/C20H30O3/c1-18(2,23)9-5-10-19(3)11-6-12-20(4)16(14-22)15(13-21)7-8-17(19)20/h5,7,9,13-14,16-17,23H,6,8,10-12H2,1-4H3/b9-5+/t16-,17-,19+,20+/m0/s1. The number of hydrogen-bond acceptors (Lipinski definition) is 3. The number of fused-ring (bicyclic) bond motifs is 1. The first-order valence-corrected chi connectivity index (χ1v) is 8.67. The minimum absolute atomic E-state index is 0.0981. The van der Waals surface area contributed by atoms with Gasteiger partial charge in [0.15, 0.2) is 0 Å². The molecular formula is C20H30O3. The second kappa shape index (κ2) is 6.35. The summed E-state index contributed by atoms with van der Waals surface area (Å²) in [6.45, 7) is 8.04. The predicted octanol–water partition coefficient (Wildman–Crippen LogP) is 3.86. The molecule has 0 aromatic carbocycles. The fourth-order valence-electron chi connectivity index (χ4n) is 4.92. The molecule has 2 rings (SSSR count). The molecule has 0 unspecified atom stereocenters. The lowest BCUT2D eigenvalue weighted by atomic mass is 9.48. The Hall–Kier alpha value is -1.22.